The molecule has 1 N–H and O–H groups in total. The summed E-state index contributed by atoms with van der Waals surface area (Å²) in [4.78, 5) is 25.5. The van der Waals surface area contributed by atoms with Gasteiger partial charge in [-0.25, -0.2) is 0 Å². The van der Waals surface area contributed by atoms with Crippen molar-refractivity contribution in [3.05, 3.63) is 35.4 Å². The lowest BCUT2D eigenvalue weighted by molar-refractivity contribution is -0.133. The summed E-state index contributed by atoms with van der Waals surface area (Å²) < 4.78 is 0. The van der Waals surface area contributed by atoms with E-state index in [9.17, 15) is 9.59 Å². The van der Waals surface area contributed by atoms with E-state index in [0.29, 0.717) is 26.1 Å². The fourth-order valence-electron chi connectivity index (χ4n) is 2.69. The maximum Gasteiger partial charge on any atom is 0.230 e. The van der Waals surface area contributed by atoms with Gasteiger partial charge in [-0.15, -0.1) is 0 Å². The van der Waals surface area contributed by atoms with Crippen LogP contribution in [0.4, 0.5) is 0 Å². The molecule has 0 bridgehead atoms. The maximum atomic E-state index is 12.4. The first-order valence-electron chi connectivity index (χ1n) is 6.39. The molecule has 0 saturated carbocycles. The predicted octanol–water partition coefficient (Wildman–Crippen LogP) is 0.675. The molecule has 1 saturated heterocycles. The van der Waals surface area contributed by atoms with Gasteiger partial charge in [-0.3, -0.25) is 9.59 Å². The van der Waals surface area contributed by atoms with Gasteiger partial charge in [-0.1, -0.05) is 24.3 Å². The van der Waals surface area contributed by atoms with E-state index in [4.69, 9.17) is 0 Å². The molecule has 1 atom stereocenters. The topological polar surface area (TPSA) is 49.4 Å². The molecule has 1 heterocycles. The van der Waals surface area contributed by atoms with Gasteiger partial charge in [0.2, 0.25) is 11.8 Å². The molecule has 4 nitrogen and oxygen atoms in total. The van der Waals surface area contributed by atoms with Gasteiger partial charge in [0, 0.05) is 26.1 Å². The van der Waals surface area contributed by atoms with Crippen LogP contribution < -0.4 is 5.32 Å². The van der Waals surface area contributed by atoms with Crippen molar-refractivity contribution in [2.24, 2.45) is 0 Å². The van der Waals surface area contributed by atoms with E-state index in [2.05, 4.69) is 11.4 Å². The second-order valence-corrected chi connectivity index (χ2v) is 4.88. The Morgan fingerprint density at radius 1 is 1.28 bits per heavy atom. The summed E-state index contributed by atoms with van der Waals surface area (Å²) in [5, 5.41) is 2.79. The molecule has 1 fully saturated rings. The van der Waals surface area contributed by atoms with Crippen LogP contribution in [0.3, 0.4) is 0 Å². The molecule has 2 aliphatic rings. The minimum absolute atomic E-state index is 0.00871. The zero-order valence-corrected chi connectivity index (χ0v) is 10.2. The zero-order valence-electron chi connectivity index (χ0n) is 10.2. The number of carbonyl (C=O) groups is 2. The Hall–Kier alpha value is -1.84. The average Bonchev–Trinajstić information content (AvgIpc) is 2.55. The van der Waals surface area contributed by atoms with Gasteiger partial charge in [-0.05, 0) is 17.5 Å². The second kappa shape index (κ2) is 4.44. The van der Waals surface area contributed by atoms with Crippen molar-refractivity contribution < 1.29 is 9.59 Å². The Bertz CT molecular complexity index is 498. The van der Waals surface area contributed by atoms with E-state index in [-0.39, 0.29) is 17.7 Å². The zero-order chi connectivity index (χ0) is 12.5. The summed E-state index contributed by atoms with van der Waals surface area (Å²) >= 11 is 0. The fourth-order valence-corrected chi connectivity index (χ4v) is 2.69. The van der Waals surface area contributed by atoms with Gasteiger partial charge in [0.05, 0.1) is 5.92 Å². The van der Waals surface area contributed by atoms with Gasteiger partial charge in [0.15, 0.2) is 0 Å². The highest BCUT2D eigenvalue weighted by Crippen LogP contribution is 2.36. The first kappa shape index (κ1) is 11.3. The molecule has 94 valence electrons. The minimum Gasteiger partial charge on any atom is -0.354 e. The van der Waals surface area contributed by atoms with Gasteiger partial charge in [-0.2, -0.15) is 0 Å². The lowest BCUT2D eigenvalue weighted by Crippen LogP contribution is -2.41. The molecule has 3 rings (SSSR count). The molecule has 1 unspecified atom stereocenters. The Kier molecular flexibility index (Phi) is 2.78. The predicted molar refractivity (Wildman–Crippen MR) is 67.1 cm³/mol. The number of hydrogen-bond acceptors (Lipinski definition) is 2. The quantitative estimate of drug-likeness (QED) is 0.789. The van der Waals surface area contributed by atoms with Gasteiger partial charge in [0.25, 0.3) is 0 Å². The molecule has 0 radical (unpaired) electrons. The highest BCUT2D eigenvalue weighted by molar-refractivity contribution is 5.87. The molecule has 1 aromatic carbocycles. The molecule has 0 aromatic heterocycles. The summed E-state index contributed by atoms with van der Waals surface area (Å²) in [6, 6.07) is 8.09. The molecule has 1 aliphatic carbocycles. The van der Waals surface area contributed by atoms with Crippen molar-refractivity contribution in [3.8, 4) is 0 Å². The maximum absolute atomic E-state index is 12.4. The molecule has 0 spiro atoms. The van der Waals surface area contributed by atoms with Crippen LogP contribution in [0.5, 0.6) is 0 Å². The summed E-state index contributed by atoms with van der Waals surface area (Å²) in [6.07, 6.45) is 1.26. The molecule has 2 amide bonds. The number of carbonyl (C=O) groups excluding carboxylic acids is 2. The van der Waals surface area contributed by atoms with Gasteiger partial charge >= 0.3 is 0 Å². The van der Waals surface area contributed by atoms with Crippen LogP contribution in [0.1, 0.15) is 23.5 Å². The first-order chi connectivity index (χ1) is 8.75. The smallest absolute Gasteiger partial charge is 0.230 e. The van der Waals surface area contributed by atoms with Gasteiger partial charge in [0.1, 0.15) is 0 Å². The Labute approximate surface area is 106 Å². The van der Waals surface area contributed by atoms with Crippen molar-refractivity contribution in [2.45, 2.75) is 18.8 Å². The number of nitrogens with one attached hydrogen (secondary N) is 1. The van der Waals surface area contributed by atoms with Crippen LogP contribution in [0, 0.1) is 0 Å². The summed E-state index contributed by atoms with van der Waals surface area (Å²) in [5.74, 6) is 0.221. The van der Waals surface area contributed by atoms with Gasteiger partial charge < -0.3 is 10.2 Å². The second-order valence-electron chi connectivity index (χ2n) is 4.88. The third-order valence-corrected chi connectivity index (χ3v) is 3.78. The highest BCUT2D eigenvalue weighted by atomic mass is 16.2. The molecule has 4 heteroatoms. The number of rotatable bonds is 1. The van der Waals surface area contributed by atoms with Crippen molar-refractivity contribution in [1.82, 2.24) is 10.2 Å². The molecule has 1 aliphatic heterocycles. The van der Waals surface area contributed by atoms with E-state index >= 15 is 0 Å². The van der Waals surface area contributed by atoms with Crippen LogP contribution >= 0.6 is 0 Å². The van der Waals surface area contributed by atoms with Crippen LogP contribution in [-0.2, 0) is 16.0 Å². The van der Waals surface area contributed by atoms with Crippen molar-refractivity contribution in [2.75, 3.05) is 19.6 Å². The molecule has 1 aromatic rings. The first-order valence-corrected chi connectivity index (χ1v) is 6.39. The Morgan fingerprint density at radius 2 is 2.11 bits per heavy atom. The molecular formula is C14H16N2O2. The Balaban J connectivity index is 1.71. The summed E-state index contributed by atoms with van der Waals surface area (Å²) in [6.45, 7) is 1.74. The third kappa shape index (κ3) is 1.88. The number of hydrogen-bond donors (Lipinski definition) is 1. The Morgan fingerprint density at radius 3 is 2.94 bits per heavy atom. The monoisotopic (exact) mass is 244 g/mol. The number of fused-ring (bicyclic) bond motifs is 1. The molecule has 18 heavy (non-hydrogen) atoms. The summed E-state index contributed by atoms with van der Waals surface area (Å²) in [5.41, 5.74) is 2.44. The van der Waals surface area contributed by atoms with E-state index in [1.54, 1.807) is 0 Å². The third-order valence-electron chi connectivity index (χ3n) is 3.78. The lowest BCUT2D eigenvalue weighted by atomic mass is 9.77. The normalized spacial score (nSPS) is 22.6. The lowest BCUT2D eigenvalue weighted by Gasteiger charge is -2.33. The SMILES string of the molecule is O=C1CCN(C(=O)C2Cc3ccccc32)CCN1. The van der Waals surface area contributed by atoms with E-state index in [1.807, 2.05) is 23.1 Å². The fraction of sp³-hybridized carbons (Fsp3) is 0.429. The van der Waals surface area contributed by atoms with Crippen LogP contribution in [-0.4, -0.2) is 36.3 Å². The van der Waals surface area contributed by atoms with Crippen LogP contribution in [0.15, 0.2) is 24.3 Å². The standard InChI is InChI=1S/C14H16N2O2/c17-13-5-7-16(8-6-15-13)14(18)12-9-10-3-1-2-4-11(10)12/h1-4,12H,5-9H2,(H,15,17). The minimum atomic E-state index is 0.00871. The van der Waals surface area contributed by atoms with Crippen LogP contribution in [0.2, 0.25) is 0 Å². The number of benzene rings is 1. The van der Waals surface area contributed by atoms with Crippen LogP contribution in [0.25, 0.3) is 0 Å². The molecular weight excluding hydrogens is 228 g/mol. The van der Waals surface area contributed by atoms with Crippen molar-refractivity contribution >= 4 is 11.8 Å². The van der Waals surface area contributed by atoms with E-state index < -0.39 is 0 Å². The average molecular weight is 244 g/mol. The van der Waals surface area contributed by atoms with Crippen molar-refractivity contribution in [1.29, 1.82) is 0 Å². The number of nitrogens with zero attached hydrogens (tertiary/aromatic N) is 1. The van der Waals surface area contributed by atoms with Crippen molar-refractivity contribution in [3.63, 3.8) is 0 Å². The number of amides is 2. The summed E-state index contributed by atoms with van der Waals surface area (Å²) in [7, 11) is 0. The highest BCUT2D eigenvalue weighted by Gasteiger charge is 2.34. The van der Waals surface area contributed by atoms with E-state index in [0.717, 1.165) is 12.0 Å². The largest absolute Gasteiger partial charge is 0.354 e. The van der Waals surface area contributed by atoms with E-state index in [1.165, 1.54) is 5.56 Å².